The minimum atomic E-state index is -0.300. The molecule has 0 aliphatic rings. The van der Waals surface area contributed by atoms with Gasteiger partial charge >= 0.3 is 0 Å². The van der Waals surface area contributed by atoms with Crippen molar-refractivity contribution in [3.8, 4) is 0 Å². The molecule has 0 unspecified atom stereocenters. The van der Waals surface area contributed by atoms with Crippen LogP contribution in [-0.2, 0) is 4.79 Å². The molecule has 1 amide bonds. The summed E-state index contributed by atoms with van der Waals surface area (Å²) < 4.78 is 0. The third-order valence-electron chi connectivity index (χ3n) is 2.51. The lowest BCUT2D eigenvalue weighted by molar-refractivity contribution is -0.122. The quantitative estimate of drug-likeness (QED) is 0.817. The van der Waals surface area contributed by atoms with E-state index in [0.717, 1.165) is 5.69 Å². The van der Waals surface area contributed by atoms with Crippen LogP contribution in [-0.4, -0.2) is 16.4 Å². The molecule has 4 heteroatoms. The van der Waals surface area contributed by atoms with Crippen LogP contribution >= 0.6 is 0 Å². The first kappa shape index (κ1) is 13.6. The third kappa shape index (κ3) is 5.45. The van der Waals surface area contributed by atoms with Crippen molar-refractivity contribution in [2.24, 2.45) is 5.73 Å². The normalized spacial score (nSPS) is 13.2. The molecule has 4 nitrogen and oxygen atoms in total. The van der Waals surface area contributed by atoms with E-state index >= 15 is 0 Å². The lowest BCUT2D eigenvalue weighted by atomic mass is 10.00. The van der Waals surface area contributed by atoms with Gasteiger partial charge in [0.1, 0.15) is 0 Å². The van der Waals surface area contributed by atoms with Crippen molar-refractivity contribution >= 4 is 5.91 Å². The van der Waals surface area contributed by atoms with E-state index in [-0.39, 0.29) is 17.5 Å². The van der Waals surface area contributed by atoms with Gasteiger partial charge in [0.2, 0.25) is 5.91 Å². The van der Waals surface area contributed by atoms with Gasteiger partial charge in [0, 0.05) is 18.2 Å². The highest BCUT2D eigenvalue weighted by Crippen LogP contribution is 2.10. The van der Waals surface area contributed by atoms with E-state index in [1.54, 1.807) is 6.20 Å². The zero-order valence-corrected chi connectivity index (χ0v) is 10.7. The molecular weight excluding hydrogens is 214 g/mol. The number of pyridine rings is 1. The first-order valence-electron chi connectivity index (χ1n) is 5.88. The fourth-order valence-corrected chi connectivity index (χ4v) is 1.46. The Bertz CT molecular complexity index is 357. The fraction of sp³-hybridized carbons (Fsp3) is 0.538. The summed E-state index contributed by atoms with van der Waals surface area (Å²) in [6, 6.07) is 5.60. The SMILES string of the molecule is C[C@@H](NC(=O)CCC(C)(C)N)c1ccccn1. The standard InChI is InChI=1S/C13H21N3O/c1-10(11-6-4-5-9-15-11)16-12(17)7-8-13(2,3)14/h4-6,9-10H,7-8,14H2,1-3H3,(H,16,17)/t10-/m1/s1. The minimum Gasteiger partial charge on any atom is -0.348 e. The molecule has 0 aliphatic carbocycles. The smallest absolute Gasteiger partial charge is 0.220 e. The van der Waals surface area contributed by atoms with E-state index in [1.807, 2.05) is 39.0 Å². The maximum absolute atomic E-state index is 11.7. The molecule has 1 aromatic rings. The van der Waals surface area contributed by atoms with Crippen molar-refractivity contribution in [2.45, 2.75) is 45.2 Å². The number of amides is 1. The Morgan fingerprint density at radius 1 is 1.53 bits per heavy atom. The number of carbonyl (C=O) groups excluding carboxylic acids is 1. The van der Waals surface area contributed by atoms with Gasteiger partial charge in [-0.3, -0.25) is 9.78 Å². The predicted molar refractivity (Wildman–Crippen MR) is 68.3 cm³/mol. The molecule has 0 spiro atoms. The molecule has 0 saturated heterocycles. The van der Waals surface area contributed by atoms with Crippen LogP contribution in [0.25, 0.3) is 0 Å². The number of rotatable bonds is 5. The summed E-state index contributed by atoms with van der Waals surface area (Å²) in [6.45, 7) is 5.76. The molecule has 3 N–H and O–H groups in total. The monoisotopic (exact) mass is 235 g/mol. The predicted octanol–water partition coefficient (Wildman–Crippen LogP) is 1.78. The zero-order chi connectivity index (χ0) is 12.9. The summed E-state index contributed by atoms with van der Waals surface area (Å²) in [5.41, 5.74) is 6.40. The second-order valence-corrected chi connectivity index (χ2v) is 5.03. The van der Waals surface area contributed by atoms with E-state index in [2.05, 4.69) is 10.3 Å². The van der Waals surface area contributed by atoms with Gasteiger partial charge in [-0.25, -0.2) is 0 Å². The van der Waals surface area contributed by atoms with Crippen molar-refractivity contribution in [3.63, 3.8) is 0 Å². The topological polar surface area (TPSA) is 68.0 Å². The Hall–Kier alpha value is -1.42. The molecule has 1 rings (SSSR count). The second-order valence-electron chi connectivity index (χ2n) is 5.03. The highest BCUT2D eigenvalue weighted by molar-refractivity contribution is 5.76. The van der Waals surface area contributed by atoms with Gasteiger partial charge in [0.25, 0.3) is 0 Å². The zero-order valence-electron chi connectivity index (χ0n) is 10.7. The van der Waals surface area contributed by atoms with E-state index in [1.165, 1.54) is 0 Å². The van der Waals surface area contributed by atoms with Crippen LogP contribution in [0.2, 0.25) is 0 Å². The summed E-state index contributed by atoms with van der Waals surface area (Å²) >= 11 is 0. The fourth-order valence-electron chi connectivity index (χ4n) is 1.46. The Labute approximate surface area is 103 Å². The molecule has 17 heavy (non-hydrogen) atoms. The summed E-state index contributed by atoms with van der Waals surface area (Å²) in [5, 5.41) is 2.91. The Morgan fingerprint density at radius 3 is 2.76 bits per heavy atom. The van der Waals surface area contributed by atoms with Crippen LogP contribution in [0.5, 0.6) is 0 Å². The van der Waals surface area contributed by atoms with Crippen molar-refractivity contribution in [1.29, 1.82) is 0 Å². The van der Waals surface area contributed by atoms with Gasteiger partial charge in [0.05, 0.1) is 11.7 Å². The summed E-state index contributed by atoms with van der Waals surface area (Å²) in [4.78, 5) is 15.9. The van der Waals surface area contributed by atoms with Crippen LogP contribution in [0, 0.1) is 0 Å². The molecule has 0 radical (unpaired) electrons. The van der Waals surface area contributed by atoms with Gasteiger partial charge in [-0.15, -0.1) is 0 Å². The second kappa shape index (κ2) is 5.77. The largest absolute Gasteiger partial charge is 0.348 e. The Balaban J connectivity index is 2.42. The summed E-state index contributed by atoms with van der Waals surface area (Å²) in [6.07, 6.45) is 2.84. The number of nitrogens with zero attached hydrogens (tertiary/aromatic N) is 1. The lowest BCUT2D eigenvalue weighted by Gasteiger charge is -2.19. The van der Waals surface area contributed by atoms with E-state index < -0.39 is 0 Å². The van der Waals surface area contributed by atoms with E-state index in [0.29, 0.717) is 12.8 Å². The van der Waals surface area contributed by atoms with Gasteiger partial charge in [-0.1, -0.05) is 6.07 Å². The minimum absolute atomic E-state index is 0.0154. The van der Waals surface area contributed by atoms with Crippen LogP contribution in [0.4, 0.5) is 0 Å². The molecule has 1 atom stereocenters. The Kier molecular flexibility index (Phi) is 4.63. The number of carbonyl (C=O) groups is 1. The third-order valence-corrected chi connectivity index (χ3v) is 2.51. The van der Waals surface area contributed by atoms with Crippen LogP contribution in [0.1, 0.15) is 45.3 Å². The molecular formula is C13H21N3O. The molecule has 94 valence electrons. The first-order valence-corrected chi connectivity index (χ1v) is 5.88. The molecule has 1 heterocycles. The molecule has 0 aromatic carbocycles. The van der Waals surface area contributed by atoms with E-state index in [9.17, 15) is 4.79 Å². The van der Waals surface area contributed by atoms with E-state index in [4.69, 9.17) is 5.73 Å². The lowest BCUT2D eigenvalue weighted by Crippen LogP contribution is -2.35. The van der Waals surface area contributed by atoms with Crippen LogP contribution in [0.3, 0.4) is 0 Å². The number of nitrogens with one attached hydrogen (secondary N) is 1. The van der Waals surface area contributed by atoms with Crippen LogP contribution in [0.15, 0.2) is 24.4 Å². The van der Waals surface area contributed by atoms with Gasteiger partial charge in [0.15, 0.2) is 0 Å². The van der Waals surface area contributed by atoms with Gasteiger partial charge < -0.3 is 11.1 Å². The molecule has 0 saturated carbocycles. The highest BCUT2D eigenvalue weighted by atomic mass is 16.1. The number of hydrogen-bond acceptors (Lipinski definition) is 3. The molecule has 0 bridgehead atoms. The maximum atomic E-state index is 11.7. The molecule has 1 aromatic heterocycles. The number of aromatic nitrogens is 1. The van der Waals surface area contributed by atoms with Crippen molar-refractivity contribution in [2.75, 3.05) is 0 Å². The number of hydrogen-bond donors (Lipinski definition) is 2. The van der Waals surface area contributed by atoms with Gasteiger partial charge in [-0.05, 0) is 39.3 Å². The van der Waals surface area contributed by atoms with Crippen molar-refractivity contribution in [3.05, 3.63) is 30.1 Å². The average molecular weight is 235 g/mol. The van der Waals surface area contributed by atoms with Crippen molar-refractivity contribution in [1.82, 2.24) is 10.3 Å². The van der Waals surface area contributed by atoms with Crippen molar-refractivity contribution < 1.29 is 4.79 Å². The van der Waals surface area contributed by atoms with Crippen LogP contribution < -0.4 is 11.1 Å². The first-order chi connectivity index (χ1) is 7.88. The molecule has 0 fully saturated rings. The maximum Gasteiger partial charge on any atom is 0.220 e. The molecule has 0 aliphatic heterocycles. The summed E-state index contributed by atoms with van der Waals surface area (Å²) in [5.74, 6) is 0.0154. The highest BCUT2D eigenvalue weighted by Gasteiger charge is 2.15. The van der Waals surface area contributed by atoms with Gasteiger partial charge in [-0.2, -0.15) is 0 Å². The number of nitrogens with two attached hydrogens (primary N) is 1. The average Bonchev–Trinajstić information content (AvgIpc) is 2.27. The summed E-state index contributed by atoms with van der Waals surface area (Å²) in [7, 11) is 0. The Morgan fingerprint density at radius 2 is 2.24 bits per heavy atom.